The standard InChI is InChI=1S/C29H34N2O2/c1-22-13-11-12-18-25(22)21-31(27(32)20-24-16-9-6-10-17-24)26(28(33)30-29(2,3)4)19-23-14-7-5-8-15-23/h5-18,26H,19-21H2,1-4H3,(H,30,33)/t26-/m0/s1. The van der Waals surface area contributed by atoms with Gasteiger partial charge in [-0.3, -0.25) is 9.59 Å². The van der Waals surface area contributed by atoms with Crippen molar-refractivity contribution in [2.24, 2.45) is 0 Å². The minimum Gasteiger partial charge on any atom is -0.350 e. The molecule has 0 aliphatic carbocycles. The van der Waals surface area contributed by atoms with Crippen LogP contribution in [0.4, 0.5) is 0 Å². The Bertz CT molecular complexity index is 1060. The van der Waals surface area contributed by atoms with Crippen LogP contribution in [0.2, 0.25) is 0 Å². The molecule has 4 nitrogen and oxygen atoms in total. The summed E-state index contributed by atoms with van der Waals surface area (Å²) in [5.41, 5.74) is 3.70. The Morgan fingerprint density at radius 2 is 1.36 bits per heavy atom. The van der Waals surface area contributed by atoms with Crippen LogP contribution in [0.3, 0.4) is 0 Å². The summed E-state index contributed by atoms with van der Waals surface area (Å²) in [5.74, 6) is -0.198. The first kappa shape index (κ1) is 24.2. The highest BCUT2D eigenvalue weighted by atomic mass is 16.2. The normalized spacial score (nSPS) is 12.1. The fraction of sp³-hybridized carbons (Fsp3) is 0.310. The number of amides is 2. The Balaban J connectivity index is 1.99. The van der Waals surface area contributed by atoms with E-state index < -0.39 is 11.6 Å². The predicted molar refractivity (Wildman–Crippen MR) is 134 cm³/mol. The molecular formula is C29H34N2O2. The third kappa shape index (κ3) is 7.31. The van der Waals surface area contributed by atoms with Gasteiger partial charge in [0.1, 0.15) is 6.04 Å². The van der Waals surface area contributed by atoms with E-state index >= 15 is 0 Å². The second kappa shape index (κ2) is 11.0. The molecule has 2 amide bonds. The van der Waals surface area contributed by atoms with Crippen LogP contribution in [0.25, 0.3) is 0 Å². The Morgan fingerprint density at radius 3 is 1.94 bits per heavy atom. The van der Waals surface area contributed by atoms with E-state index in [1.165, 1.54) is 0 Å². The number of hydrogen-bond acceptors (Lipinski definition) is 2. The molecular weight excluding hydrogens is 408 g/mol. The van der Waals surface area contributed by atoms with Gasteiger partial charge in [-0.25, -0.2) is 0 Å². The number of nitrogens with zero attached hydrogens (tertiary/aromatic N) is 1. The summed E-state index contributed by atoms with van der Waals surface area (Å²) in [4.78, 5) is 29.0. The van der Waals surface area contributed by atoms with E-state index in [0.29, 0.717) is 13.0 Å². The zero-order chi connectivity index (χ0) is 23.8. The molecule has 0 aliphatic rings. The van der Waals surface area contributed by atoms with E-state index in [0.717, 1.165) is 22.3 Å². The van der Waals surface area contributed by atoms with Crippen molar-refractivity contribution in [1.29, 1.82) is 0 Å². The lowest BCUT2D eigenvalue weighted by Gasteiger charge is -2.34. The quantitative estimate of drug-likeness (QED) is 0.528. The zero-order valence-electron chi connectivity index (χ0n) is 20.0. The number of carbonyl (C=O) groups is 2. The zero-order valence-corrected chi connectivity index (χ0v) is 20.0. The summed E-state index contributed by atoms with van der Waals surface area (Å²) < 4.78 is 0. The molecule has 1 N–H and O–H groups in total. The fourth-order valence-corrected chi connectivity index (χ4v) is 3.85. The molecule has 172 valence electrons. The van der Waals surface area contributed by atoms with Crippen LogP contribution >= 0.6 is 0 Å². The number of aryl methyl sites for hydroxylation is 1. The lowest BCUT2D eigenvalue weighted by atomic mass is 9.99. The molecule has 0 saturated heterocycles. The molecule has 0 fully saturated rings. The molecule has 4 heteroatoms. The Hall–Kier alpha value is -3.40. The van der Waals surface area contributed by atoms with Crippen molar-refractivity contribution in [1.82, 2.24) is 10.2 Å². The molecule has 0 bridgehead atoms. The molecule has 0 heterocycles. The maximum atomic E-state index is 13.7. The monoisotopic (exact) mass is 442 g/mol. The van der Waals surface area contributed by atoms with E-state index in [2.05, 4.69) is 5.32 Å². The first-order valence-corrected chi connectivity index (χ1v) is 11.5. The summed E-state index contributed by atoms with van der Waals surface area (Å²) in [5, 5.41) is 3.11. The van der Waals surface area contributed by atoms with Crippen molar-refractivity contribution in [2.45, 2.75) is 58.7 Å². The van der Waals surface area contributed by atoms with E-state index in [1.54, 1.807) is 4.90 Å². The highest BCUT2D eigenvalue weighted by Crippen LogP contribution is 2.19. The molecule has 0 spiro atoms. The minimum absolute atomic E-state index is 0.0607. The van der Waals surface area contributed by atoms with Crippen LogP contribution < -0.4 is 5.32 Å². The van der Waals surface area contributed by atoms with Gasteiger partial charge in [0.15, 0.2) is 0 Å². The summed E-state index contributed by atoms with van der Waals surface area (Å²) in [6.45, 7) is 8.30. The lowest BCUT2D eigenvalue weighted by molar-refractivity contribution is -0.141. The maximum Gasteiger partial charge on any atom is 0.243 e. The van der Waals surface area contributed by atoms with Crippen molar-refractivity contribution in [3.05, 3.63) is 107 Å². The number of hydrogen-bond donors (Lipinski definition) is 1. The van der Waals surface area contributed by atoms with Crippen LogP contribution in [-0.2, 0) is 29.0 Å². The van der Waals surface area contributed by atoms with Gasteiger partial charge in [0.2, 0.25) is 11.8 Å². The van der Waals surface area contributed by atoms with Crippen molar-refractivity contribution in [3.63, 3.8) is 0 Å². The largest absolute Gasteiger partial charge is 0.350 e. The van der Waals surface area contributed by atoms with Crippen LogP contribution in [0.1, 0.15) is 43.0 Å². The first-order chi connectivity index (χ1) is 15.7. The maximum absolute atomic E-state index is 13.7. The van der Waals surface area contributed by atoms with Crippen LogP contribution in [0.15, 0.2) is 84.9 Å². The fourth-order valence-electron chi connectivity index (χ4n) is 3.85. The molecule has 0 saturated carbocycles. The third-order valence-electron chi connectivity index (χ3n) is 5.57. The van der Waals surface area contributed by atoms with Crippen LogP contribution in [0.5, 0.6) is 0 Å². The van der Waals surface area contributed by atoms with Gasteiger partial charge in [-0.05, 0) is 49.9 Å². The smallest absolute Gasteiger partial charge is 0.243 e. The van der Waals surface area contributed by atoms with Crippen molar-refractivity contribution in [2.75, 3.05) is 0 Å². The van der Waals surface area contributed by atoms with Gasteiger partial charge < -0.3 is 10.2 Å². The average Bonchev–Trinajstić information content (AvgIpc) is 2.77. The van der Waals surface area contributed by atoms with Gasteiger partial charge in [-0.1, -0.05) is 84.9 Å². The van der Waals surface area contributed by atoms with Crippen molar-refractivity contribution >= 4 is 11.8 Å². The summed E-state index contributed by atoms with van der Waals surface area (Å²) in [6, 6.07) is 27.0. The van der Waals surface area contributed by atoms with Crippen molar-refractivity contribution in [3.8, 4) is 0 Å². The van der Waals surface area contributed by atoms with Gasteiger partial charge in [-0.2, -0.15) is 0 Å². The number of rotatable bonds is 8. The highest BCUT2D eigenvalue weighted by Gasteiger charge is 2.32. The Kier molecular flexibility index (Phi) is 8.05. The van der Waals surface area contributed by atoms with E-state index in [-0.39, 0.29) is 18.2 Å². The molecule has 3 aromatic carbocycles. The second-order valence-corrected chi connectivity index (χ2v) is 9.56. The third-order valence-corrected chi connectivity index (χ3v) is 5.57. The average molecular weight is 443 g/mol. The highest BCUT2D eigenvalue weighted by molar-refractivity contribution is 5.89. The number of benzene rings is 3. The predicted octanol–water partition coefficient (Wildman–Crippen LogP) is 5.09. The van der Waals surface area contributed by atoms with Crippen LogP contribution in [-0.4, -0.2) is 28.3 Å². The Morgan fingerprint density at radius 1 is 0.818 bits per heavy atom. The summed E-state index contributed by atoms with van der Waals surface area (Å²) in [7, 11) is 0. The molecule has 0 aliphatic heterocycles. The topological polar surface area (TPSA) is 49.4 Å². The summed E-state index contributed by atoms with van der Waals surface area (Å²) >= 11 is 0. The van der Waals surface area contributed by atoms with Gasteiger partial charge in [0, 0.05) is 18.5 Å². The lowest BCUT2D eigenvalue weighted by Crippen LogP contribution is -2.54. The van der Waals surface area contributed by atoms with E-state index in [9.17, 15) is 9.59 Å². The second-order valence-electron chi connectivity index (χ2n) is 9.56. The number of nitrogens with one attached hydrogen (secondary N) is 1. The van der Waals surface area contributed by atoms with Gasteiger partial charge in [0.05, 0.1) is 6.42 Å². The SMILES string of the molecule is Cc1ccccc1CN(C(=O)Cc1ccccc1)[C@@H](Cc1ccccc1)C(=O)NC(C)(C)C. The molecule has 0 aromatic heterocycles. The van der Waals surface area contributed by atoms with Crippen LogP contribution in [0, 0.1) is 6.92 Å². The molecule has 0 radical (unpaired) electrons. The van der Waals surface area contributed by atoms with Gasteiger partial charge in [0.25, 0.3) is 0 Å². The molecule has 3 rings (SSSR count). The first-order valence-electron chi connectivity index (χ1n) is 11.5. The summed E-state index contributed by atoms with van der Waals surface area (Å²) in [6.07, 6.45) is 0.704. The minimum atomic E-state index is -0.623. The molecule has 3 aromatic rings. The van der Waals surface area contributed by atoms with Gasteiger partial charge in [-0.15, -0.1) is 0 Å². The molecule has 0 unspecified atom stereocenters. The Labute approximate surface area is 197 Å². The van der Waals surface area contributed by atoms with E-state index in [1.807, 2.05) is 113 Å². The van der Waals surface area contributed by atoms with E-state index in [4.69, 9.17) is 0 Å². The molecule has 1 atom stereocenters. The number of carbonyl (C=O) groups excluding carboxylic acids is 2. The van der Waals surface area contributed by atoms with Gasteiger partial charge >= 0.3 is 0 Å². The van der Waals surface area contributed by atoms with Crippen molar-refractivity contribution < 1.29 is 9.59 Å². The molecule has 33 heavy (non-hydrogen) atoms.